The number of carbonyl (C=O) groups excluding carboxylic acids is 1. The minimum Gasteiger partial charge on any atom is -0.366 e. The lowest BCUT2D eigenvalue weighted by molar-refractivity contribution is 0.100. The number of nitrogens with zero attached hydrogens (tertiary/aromatic N) is 1. The first kappa shape index (κ1) is 11.5. The Balaban J connectivity index is 3.01. The number of fused-ring (bicyclic) bond motifs is 1. The molecular formula is C10H9N3O3S. The number of amides is 1. The molecule has 0 spiro atoms. The molecule has 0 fully saturated rings. The Morgan fingerprint density at radius 3 is 2.53 bits per heavy atom. The van der Waals surface area contributed by atoms with Crippen LogP contribution in [0.4, 0.5) is 0 Å². The van der Waals surface area contributed by atoms with Crippen LogP contribution in [0.2, 0.25) is 0 Å². The minimum absolute atomic E-state index is 0.0830. The molecule has 0 atom stereocenters. The van der Waals surface area contributed by atoms with Gasteiger partial charge in [-0.3, -0.25) is 9.78 Å². The topological polar surface area (TPSA) is 116 Å². The Hall–Kier alpha value is -1.99. The molecule has 0 radical (unpaired) electrons. The lowest BCUT2D eigenvalue weighted by Gasteiger charge is -2.06. The van der Waals surface area contributed by atoms with E-state index in [4.69, 9.17) is 10.9 Å². The zero-order valence-corrected chi connectivity index (χ0v) is 9.44. The summed E-state index contributed by atoms with van der Waals surface area (Å²) < 4.78 is 22.8. The summed E-state index contributed by atoms with van der Waals surface area (Å²) in [6.07, 6.45) is 1.38. The predicted octanol–water partition coefficient (Wildman–Crippen LogP) is -0.0189. The van der Waals surface area contributed by atoms with Gasteiger partial charge in [-0.2, -0.15) is 0 Å². The quantitative estimate of drug-likeness (QED) is 0.780. The number of primary sulfonamides is 1. The summed E-state index contributed by atoms with van der Waals surface area (Å²) in [5, 5.41) is 5.24. The second kappa shape index (κ2) is 3.79. The molecule has 0 bridgehead atoms. The van der Waals surface area contributed by atoms with Crippen molar-refractivity contribution in [1.29, 1.82) is 0 Å². The molecule has 0 unspecified atom stereocenters. The van der Waals surface area contributed by atoms with Gasteiger partial charge in [-0.1, -0.05) is 6.07 Å². The van der Waals surface area contributed by atoms with E-state index in [9.17, 15) is 13.2 Å². The molecule has 6 nitrogen and oxygen atoms in total. The number of hydrogen-bond donors (Lipinski definition) is 2. The average molecular weight is 251 g/mol. The molecule has 1 aromatic carbocycles. The van der Waals surface area contributed by atoms with Gasteiger partial charge in [-0.05, 0) is 18.2 Å². The van der Waals surface area contributed by atoms with Crippen LogP contribution in [-0.4, -0.2) is 19.3 Å². The summed E-state index contributed by atoms with van der Waals surface area (Å²) >= 11 is 0. The first-order valence-electron chi connectivity index (χ1n) is 4.61. The van der Waals surface area contributed by atoms with E-state index in [1.54, 1.807) is 6.07 Å². The molecular weight excluding hydrogens is 242 g/mol. The number of pyridine rings is 1. The zero-order chi connectivity index (χ0) is 12.6. The molecule has 0 saturated heterocycles. The van der Waals surface area contributed by atoms with Crippen LogP contribution in [0.15, 0.2) is 35.4 Å². The highest BCUT2D eigenvalue weighted by molar-refractivity contribution is 7.89. The smallest absolute Gasteiger partial charge is 0.249 e. The predicted molar refractivity (Wildman–Crippen MR) is 61.6 cm³/mol. The summed E-state index contributed by atoms with van der Waals surface area (Å²) in [7, 11) is -3.93. The molecule has 2 rings (SSSR count). The first-order chi connectivity index (χ1) is 7.91. The van der Waals surface area contributed by atoms with Crippen molar-refractivity contribution in [2.24, 2.45) is 10.9 Å². The molecule has 17 heavy (non-hydrogen) atoms. The largest absolute Gasteiger partial charge is 0.366 e. The fraction of sp³-hybridized carbons (Fsp3) is 0. The van der Waals surface area contributed by atoms with Crippen molar-refractivity contribution < 1.29 is 13.2 Å². The van der Waals surface area contributed by atoms with Crippen molar-refractivity contribution >= 4 is 26.8 Å². The Morgan fingerprint density at radius 2 is 1.94 bits per heavy atom. The van der Waals surface area contributed by atoms with Gasteiger partial charge in [0, 0.05) is 11.6 Å². The maximum absolute atomic E-state index is 11.4. The number of carbonyl (C=O) groups is 1. The molecule has 2 aromatic rings. The number of sulfonamides is 1. The van der Waals surface area contributed by atoms with Crippen LogP contribution in [0.5, 0.6) is 0 Å². The second-order valence-electron chi connectivity index (χ2n) is 3.42. The van der Waals surface area contributed by atoms with Crippen LogP contribution >= 0.6 is 0 Å². The van der Waals surface area contributed by atoms with Gasteiger partial charge >= 0.3 is 0 Å². The van der Waals surface area contributed by atoms with Gasteiger partial charge in [-0.25, -0.2) is 13.6 Å². The molecule has 0 aliphatic rings. The number of rotatable bonds is 2. The third kappa shape index (κ3) is 1.97. The third-order valence-electron chi connectivity index (χ3n) is 2.30. The number of aromatic nitrogens is 1. The number of benzene rings is 1. The first-order valence-corrected chi connectivity index (χ1v) is 6.16. The summed E-state index contributed by atoms with van der Waals surface area (Å²) in [4.78, 5) is 15.1. The van der Waals surface area contributed by atoms with Crippen LogP contribution in [0, 0.1) is 0 Å². The van der Waals surface area contributed by atoms with Gasteiger partial charge in [0.05, 0.1) is 16.0 Å². The zero-order valence-electron chi connectivity index (χ0n) is 8.62. The molecule has 1 heterocycles. The lowest BCUT2D eigenvalue weighted by Crippen LogP contribution is -2.16. The fourth-order valence-electron chi connectivity index (χ4n) is 1.62. The van der Waals surface area contributed by atoms with Crippen molar-refractivity contribution in [3.8, 4) is 0 Å². The van der Waals surface area contributed by atoms with E-state index in [0.717, 1.165) is 0 Å². The number of nitrogens with two attached hydrogens (primary N) is 2. The maximum Gasteiger partial charge on any atom is 0.249 e. The van der Waals surface area contributed by atoms with Gasteiger partial charge in [0.1, 0.15) is 0 Å². The van der Waals surface area contributed by atoms with E-state index in [-0.39, 0.29) is 15.8 Å². The Labute approximate surface area is 97.3 Å². The molecule has 88 valence electrons. The molecule has 0 aliphatic heterocycles. The van der Waals surface area contributed by atoms with Gasteiger partial charge < -0.3 is 5.73 Å². The highest BCUT2D eigenvalue weighted by Crippen LogP contribution is 2.23. The summed E-state index contributed by atoms with van der Waals surface area (Å²) in [5.41, 5.74) is 5.63. The second-order valence-corrected chi connectivity index (χ2v) is 4.95. The standard InChI is InChI=1S/C10H9N3O3S/c11-10(14)6-4-5-13-7-2-1-3-8(9(6)7)17(12,15)16/h1-5H,(H2,11,14)(H2,12,15,16). The Morgan fingerprint density at radius 1 is 1.24 bits per heavy atom. The van der Waals surface area contributed by atoms with Gasteiger partial charge in [0.15, 0.2) is 0 Å². The van der Waals surface area contributed by atoms with E-state index >= 15 is 0 Å². The molecule has 4 N–H and O–H groups in total. The van der Waals surface area contributed by atoms with Gasteiger partial charge in [-0.15, -0.1) is 0 Å². The molecule has 0 saturated carbocycles. The number of hydrogen-bond acceptors (Lipinski definition) is 4. The van der Waals surface area contributed by atoms with Crippen molar-refractivity contribution in [3.63, 3.8) is 0 Å². The van der Waals surface area contributed by atoms with E-state index in [1.165, 1.54) is 24.4 Å². The SMILES string of the molecule is NC(=O)c1ccnc2cccc(S(N)(=O)=O)c12. The van der Waals surface area contributed by atoms with E-state index in [1.807, 2.05) is 0 Å². The highest BCUT2D eigenvalue weighted by Gasteiger charge is 2.17. The normalized spacial score (nSPS) is 11.6. The van der Waals surface area contributed by atoms with Crippen LogP contribution in [0.3, 0.4) is 0 Å². The van der Waals surface area contributed by atoms with E-state index in [2.05, 4.69) is 4.98 Å². The Kier molecular flexibility index (Phi) is 2.56. The van der Waals surface area contributed by atoms with E-state index in [0.29, 0.717) is 5.52 Å². The Bertz CT molecular complexity index is 705. The average Bonchev–Trinajstić information content (AvgIpc) is 2.26. The van der Waals surface area contributed by atoms with Gasteiger partial charge in [0.2, 0.25) is 15.9 Å². The fourth-order valence-corrected chi connectivity index (χ4v) is 2.38. The number of primary amides is 1. The van der Waals surface area contributed by atoms with Crippen molar-refractivity contribution in [2.45, 2.75) is 4.90 Å². The summed E-state index contributed by atoms with van der Waals surface area (Å²) in [5.74, 6) is -0.728. The van der Waals surface area contributed by atoms with Crippen LogP contribution in [0.25, 0.3) is 10.9 Å². The molecule has 1 aromatic heterocycles. The monoisotopic (exact) mass is 251 g/mol. The molecule has 1 amide bonds. The minimum atomic E-state index is -3.93. The summed E-state index contributed by atoms with van der Waals surface area (Å²) in [6.45, 7) is 0. The van der Waals surface area contributed by atoms with Crippen LogP contribution in [-0.2, 0) is 10.0 Å². The van der Waals surface area contributed by atoms with Crippen molar-refractivity contribution in [3.05, 3.63) is 36.0 Å². The van der Waals surface area contributed by atoms with Gasteiger partial charge in [0.25, 0.3) is 0 Å². The highest BCUT2D eigenvalue weighted by atomic mass is 32.2. The van der Waals surface area contributed by atoms with E-state index < -0.39 is 15.9 Å². The van der Waals surface area contributed by atoms with Crippen LogP contribution in [0.1, 0.15) is 10.4 Å². The maximum atomic E-state index is 11.4. The molecule has 7 heteroatoms. The van der Waals surface area contributed by atoms with Crippen molar-refractivity contribution in [2.75, 3.05) is 0 Å². The van der Waals surface area contributed by atoms with Crippen LogP contribution < -0.4 is 10.9 Å². The molecule has 0 aliphatic carbocycles. The van der Waals surface area contributed by atoms with Crippen molar-refractivity contribution in [1.82, 2.24) is 4.98 Å². The summed E-state index contributed by atoms with van der Waals surface area (Å²) in [6, 6.07) is 5.75. The third-order valence-corrected chi connectivity index (χ3v) is 3.25. The lowest BCUT2D eigenvalue weighted by atomic mass is 10.1.